The Morgan fingerprint density at radius 2 is 1.05 bits per heavy atom. The van der Waals surface area contributed by atoms with Crippen LogP contribution in [0.25, 0.3) is 0 Å². The molecule has 0 aromatic heterocycles. The molecule has 3 heterocycles. The molecule has 20 heavy (non-hydrogen) atoms. The summed E-state index contributed by atoms with van der Waals surface area (Å²) in [6.45, 7) is 5.99. The van der Waals surface area contributed by atoms with E-state index in [0.717, 1.165) is 39.5 Å². The first kappa shape index (κ1) is 14.8. The molecule has 3 fully saturated rings. The molecule has 3 saturated heterocycles. The Labute approximate surface area is 122 Å². The van der Waals surface area contributed by atoms with Gasteiger partial charge in [0.2, 0.25) is 0 Å². The van der Waals surface area contributed by atoms with Crippen LogP contribution in [0, 0.1) is 0 Å². The average Bonchev–Trinajstić information content (AvgIpc) is 3.13. The van der Waals surface area contributed by atoms with Crippen molar-refractivity contribution in [3.63, 3.8) is 0 Å². The van der Waals surface area contributed by atoms with Gasteiger partial charge in [-0.15, -0.1) is 0 Å². The van der Waals surface area contributed by atoms with Crippen LogP contribution in [0.4, 0.5) is 0 Å². The largest absolute Gasteiger partial charge is 0.377 e. The van der Waals surface area contributed by atoms with Gasteiger partial charge in [-0.1, -0.05) is 0 Å². The van der Waals surface area contributed by atoms with Gasteiger partial charge >= 0.3 is 0 Å². The summed E-state index contributed by atoms with van der Waals surface area (Å²) in [5, 5.41) is 0. The van der Waals surface area contributed by atoms with Crippen molar-refractivity contribution < 1.29 is 14.2 Å². The Bertz CT molecular complexity index is 251. The van der Waals surface area contributed by atoms with Crippen LogP contribution in [0.5, 0.6) is 0 Å². The molecule has 116 valence electrons. The smallest absolute Gasteiger partial charge is 0.0702 e. The highest BCUT2D eigenvalue weighted by Crippen LogP contribution is 2.20. The predicted octanol–water partition coefficient (Wildman–Crippen LogP) is 2.22. The number of nitrogens with zero attached hydrogens (tertiary/aromatic N) is 1. The zero-order chi connectivity index (χ0) is 13.6. The molecule has 0 aromatic carbocycles. The van der Waals surface area contributed by atoms with E-state index in [2.05, 4.69) is 4.90 Å². The molecule has 3 rings (SSSR count). The summed E-state index contributed by atoms with van der Waals surface area (Å²) in [5.41, 5.74) is 0. The van der Waals surface area contributed by atoms with E-state index >= 15 is 0 Å². The highest BCUT2D eigenvalue weighted by atomic mass is 16.5. The van der Waals surface area contributed by atoms with Crippen molar-refractivity contribution >= 4 is 0 Å². The highest BCUT2D eigenvalue weighted by molar-refractivity contribution is 4.78. The SMILES string of the molecule is C1CC[C@H](CN(C[C@H]2CCCO2)C[C@H]2CCCO2)OC1. The fraction of sp³-hybridized carbons (Fsp3) is 1.00. The van der Waals surface area contributed by atoms with Gasteiger partial charge in [-0.05, 0) is 44.9 Å². The van der Waals surface area contributed by atoms with E-state index in [-0.39, 0.29) is 0 Å². The molecule has 0 saturated carbocycles. The zero-order valence-corrected chi connectivity index (χ0v) is 12.6. The van der Waals surface area contributed by atoms with E-state index in [1.807, 2.05) is 0 Å². The minimum Gasteiger partial charge on any atom is -0.377 e. The normalized spacial score (nSPS) is 35.0. The Morgan fingerprint density at radius 3 is 1.45 bits per heavy atom. The summed E-state index contributed by atoms with van der Waals surface area (Å²) < 4.78 is 17.5. The first-order valence-electron chi connectivity index (χ1n) is 8.47. The van der Waals surface area contributed by atoms with Crippen molar-refractivity contribution in [2.75, 3.05) is 39.5 Å². The van der Waals surface area contributed by atoms with Crippen molar-refractivity contribution in [3.8, 4) is 0 Å². The van der Waals surface area contributed by atoms with Crippen LogP contribution < -0.4 is 0 Å². The Morgan fingerprint density at radius 1 is 0.600 bits per heavy atom. The molecule has 0 bridgehead atoms. The molecule has 0 N–H and O–H groups in total. The predicted molar refractivity (Wildman–Crippen MR) is 78.0 cm³/mol. The van der Waals surface area contributed by atoms with E-state index < -0.39 is 0 Å². The molecule has 0 radical (unpaired) electrons. The first-order chi connectivity index (χ1) is 9.90. The third-order valence-corrected chi connectivity index (χ3v) is 4.71. The Balaban J connectivity index is 1.50. The van der Waals surface area contributed by atoms with Gasteiger partial charge in [0.05, 0.1) is 18.3 Å². The summed E-state index contributed by atoms with van der Waals surface area (Å²) in [7, 11) is 0. The summed E-state index contributed by atoms with van der Waals surface area (Å²) in [6, 6.07) is 0. The van der Waals surface area contributed by atoms with Crippen LogP contribution in [0.2, 0.25) is 0 Å². The van der Waals surface area contributed by atoms with E-state index in [9.17, 15) is 0 Å². The zero-order valence-electron chi connectivity index (χ0n) is 12.6. The summed E-state index contributed by atoms with van der Waals surface area (Å²) in [5.74, 6) is 0. The van der Waals surface area contributed by atoms with Gasteiger partial charge in [-0.25, -0.2) is 0 Å². The summed E-state index contributed by atoms with van der Waals surface area (Å²) >= 11 is 0. The fourth-order valence-corrected chi connectivity index (χ4v) is 3.62. The van der Waals surface area contributed by atoms with Crippen molar-refractivity contribution in [1.29, 1.82) is 0 Å². The molecule has 4 nitrogen and oxygen atoms in total. The van der Waals surface area contributed by atoms with Crippen molar-refractivity contribution in [3.05, 3.63) is 0 Å². The molecule has 0 spiro atoms. The maximum atomic E-state index is 5.91. The monoisotopic (exact) mass is 283 g/mol. The minimum absolute atomic E-state index is 0.423. The van der Waals surface area contributed by atoms with Gasteiger partial charge in [-0.3, -0.25) is 4.90 Å². The maximum absolute atomic E-state index is 5.91. The lowest BCUT2D eigenvalue weighted by atomic mass is 10.1. The number of ether oxygens (including phenoxy) is 3. The first-order valence-corrected chi connectivity index (χ1v) is 8.47. The number of hydrogen-bond acceptors (Lipinski definition) is 4. The summed E-state index contributed by atoms with van der Waals surface area (Å²) in [4.78, 5) is 2.54. The Kier molecular flexibility index (Phi) is 5.71. The minimum atomic E-state index is 0.423. The molecule has 0 aromatic rings. The molecule has 0 aliphatic carbocycles. The molecule has 3 aliphatic rings. The van der Waals surface area contributed by atoms with Crippen molar-refractivity contribution in [2.45, 2.75) is 63.3 Å². The molecule has 3 aliphatic heterocycles. The second kappa shape index (κ2) is 7.74. The summed E-state index contributed by atoms with van der Waals surface area (Å²) in [6.07, 6.45) is 9.92. The standard InChI is InChI=1S/C16H29NO3/c1-2-8-18-14(5-1)11-17(12-15-6-3-9-19-15)13-16-7-4-10-20-16/h14-16H,1-13H2/t14-,15-,16-/m1/s1. The van der Waals surface area contributed by atoms with Crippen LogP contribution in [-0.4, -0.2) is 62.7 Å². The van der Waals surface area contributed by atoms with Gasteiger partial charge in [0.25, 0.3) is 0 Å². The van der Waals surface area contributed by atoms with Crippen molar-refractivity contribution in [2.24, 2.45) is 0 Å². The van der Waals surface area contributed by atoms with E-state index in [1.165, 1.54) is 44.9 Å². The van der Waals surface area contributed by atoms with Crippen LogP contribution in [-0.2, 0) is 14.2 Å². The second-order valence-electron chi connectivity index (χ2n) is 6.48. The third kappa shape index (κ3) is 4.42. The lowest BCUT2D eigenvalue weighted by Crippen LogP contribution is -2.43. The quantitative estimate of drug-likeness (QED) is 0.748. The number of rotatable bonds is 6. The molecule has 0 amide bonds. The molecule has 3 atom stereocenters. The van der Waals surface area contributed by atoms with Gasteiger partial charge in [0.1, 0.15) is 0 Å². The molecule has 0 unspecified atom stereocenters. The third-order valence-electron chi connectivity index (χ3n) is 4.71. The van der Waals surface area contributed by atoms with Crippen LogP contribution in [0.3, 0.4) is 0 Å². The van der Waals surface area contributed by atoms with E-state index in [0.29, 0.717) is 18.3 Å². The molecular formula is C16H29NO3. The van der Waals surface area contributed by atoms with Gasteiger partial charge in [0, 0.05) is 39.5 Å². The number of hydrogen-bond donors (Lipinski definition) is 0. The van der Waals surface area contributed by atoms with Gasteiger partial charge in [0.15, 0.2) is 0 Å². The fourth-order valence-electron chi connectivity index (χ4n) is 3.62. The van der Waals surface area contributed by atoms with Gasteiger partial charge in [-0.2, -0.15) is 0 Å². The lowest BCUT2D eigenvalue weighted by molar-refractivity contribution is -0.0271. The Hall–Kier alpha value is -0.160. The van der Waals surface area contributed by atoms with Crippen LogP contribution in [0.1, 0.15) is 44.9 Å². The maximum Gasteiger partial charge on any atom is 0.0702 e. The van der Waals surface area contributed by atoms with Crippen LogP contribution in [0.15, 0.2) is 0 Å². The van der Waals surface area contributed by atoms with Crippen molar-refractivity contribution in [1.82, 2.24) is 4.90 Å². The van der Waals surface area contributed by atoms with Crippen LogP contribution >= 0.6 is 0 Å². The topological polar surface area (TPSA) is 30.9 Å². The average molecular weight is 283 g/mol. The second-order valence-corrected chi connectivity index (χ2v) is 6.48. The van der Waals surface area contributed by atoms with E-state index in [4.69, 9.17) is 14.2 Å². The lowest BCUT2D eigenvalue weighted by Gasteiger charge is -2.32. The highest BCUT2D eigenvalue weighted by Gasteiger charge is 2.26. The molecular weight excluding hydrogens is 254 g/mol. The van der Waals surface area contributed by atoms with E-state index in [1.54, 1.807) is 0 Å². The molecule has 4 heteroatoms. The van der Waals surface area contributed by atoms with Gasteiger partial charge < -0.3 is 14.2 Å².